The zero-order valence-corrected chi connectivity index (χ0v) is 18.1. The topological polar surface area (TPSA) is 110 Å². The van der Waals surface area contributed by atoms with E-state index < -0.39 is 14.9 Å². The summed E-state index contributed by atoms with van der Waals surface area (Å²) in [4.78, 5) is 15.5. The van der Waals surface area contributed by atoms with Gasteiger partial charge in [-0.25, -0.2) is 13.4 Å². The quantitative estimate of drug-likeness (QED) is 0.440. The Hall–Kier alpha value is -2.98. The number of aromatic nitrogens is 2. The standard InChI is InChI=1S/C21H25N5O4S/c1-2-25-20-10-9-18(31(29,30)24-11-4-3-5-12-24)14-19(20)23-21(25)15-22-16-7-6-8-17(13-16)26(27)28/h6-10,13-14,22H,2-5,11-12,15H2,1H3. The third kappa shape index (κ3) is 4.26. The molecular formula is C21H25N5O4S. The molecule has 0 bridgehead atoms. The number of nitro groups is 1. The SMILES string of the molecule is CCn1c(CNc2cccc([N+](=O)[O-])c2)nc2cc(S(=O)(=O)N3CCCCC3)ccc21. The molecule has 1 aromatic heterocycles. The van der Waals surface area contributed by atoms with Gasteiger partial charge in [0.1, 0.15) is 5.82 Å². The van der Waals surface area contributed by atoms with E-state index in [0.717, 1.165) is 30.6 Å². The van der Waals surface area contributed by atoms with Crippen LogP contribution in [0.15, 0.2) is 47.4 Å². The second-order valence-corrected chi connectivity index (χ2v) is 9.49. The molecule has 0 atom stereocenters. The molecule has 31 heavy (non-hydrogen) atoms. The van der Waals surface area contributed by atoms with Gasteiger partial charge in [0, 0.05) is 37.5 Å². The number of anilines is 1. The number of sulfonamides is 1. The van der Waals surface area contributed by atoms with Crippen LogP contribution >= 0.6 is 0 Å². The number of imidazole rings is 1. The summed E-state index contributed by atoms with van der Waals surface area (Å²) >= 11 is 0. The number of piperidine rings is 1. The summed E-state index contributed by atoms with van der Waals surface area (Å²) in [7, 11) is -3.53. The fourth-order valence-electron chi connectivity index (χ4n) is 3.97. The van der Waals surface area contributed by atoms with Crippen molar-refractivity contribution in [2.24, 2.45) is 0 Å². The van der Waals surface area contributed by atoms with Crippen LogP contribution in [0.25, 0.3) is 11.0 Å². The van der Waals surface area contributed by atoms with E-state index >= 15 is 0 Å². The van der Waals surface area contributed by atoms with Crippen molar-refractivity contribution in [2.45, 2.75) is 44.2 Å². The van der Waals surface area contributed by atoms with Crippen molar-refractivity contribution < 1.29 is 13.3 Å². The molecule has 2 aromatic carbocycles. The molecule has 1 saturated heterocycles. The summed E-state index contributed by atoms with van der Waals surface area (Å²) in [6.45, 7) is 4.14. The summed E-state index contributed by atoms with van der Waals surface area (Å²) in [5.74, 6) is 0.733. The van der Waals surface area contributed by atoms with Crippen LogP contribution in [-0.2, 0) is 23.1 Å². The van der Waals surface area contributed by atoms with Crippen molar-refractivity contribution in [1.29, 1.82) is 0 Å². The van der Waals surface area contributed by atoms with Crippen molar-refractivity contribution in [3.8, 4) is 0 Å². The van der Waals surface area contributed by atoms with Crippen LogP contribution in [0.5, 0.6) is 0 Å². The van der Waals surface area contributed by atoms with Crippen LogP contribution in [0.2, 0.25) is 0 Å². The maximum atomic E-state index is 13.0. The normalized spacial score (nSPS) is 15.3. The fraction of sp³-hybridized carbons (Fsp3) is 0.381. The average molecular weight is 444 g/mol. The molecule has 0 radical (unpaired) electrons. The molecule has 1 fully saturated rings. The van der Waals surface area contributed by atoms with Gasteiger partial charge in [-0.1, -0.05) is 12.5 Å². The first-order valence-electron chi connectivity index (χ1n) is 10.4. The second-order valence-electron chi connectivity index (χ2n) is 7.55. The van der Waals surface area contributed by atoms with E-state index in [0.29, 0.717) is 37.4 Å². The zero-order chi connectivity index (χ0) is 22.0. The molecule has 2 heterocycles. The molecule has 0 aliphatic carbocycles. The molecule has 1 aliphatic heterocycles. The largest absolute Gasteiger partial charge is 0.378 e. The molecule has 3 aromatic rings. The lowest BCUT2D eigenvalue weighted by Gasteiger charge is -2.25. The molecule has 4 rings (SSSR count). The maximum Gasteiger partial charge on any atom is 0.271 e. The number of hydrogen-bond donors (Lipinski definition) is 1. The van der Waals surface area contributed by atoms with E-state index in [4.69, 9.17) is 0 Å². The number of nitrogens with zero attached hydrogens (tertiary/aromatic N) is 4. The van der Waals surface area contributed by atoms with Crippen molar-refractivity contribution in [1.82, 2.24) is 13.9 Å². The molecule has 10 heteroatoms. The molecule has 1 N–H and O–H groups in total. The Morgan fingerprint density at radius 2 is 1.90 bits per heavy atom. The first-order valence-corrected chi connectivity index (χ1v) is 11.8. The molecule has 164 valence electrons. The number of nitro benzene ring substituents is 1. The Labute approximate surface area is 180 Å². The van der Waals surface area contributed by atoms with Gasteiger partial charge in [-0.05, 0) is 44.0 Å². The van der Waals surface area contributed by atoms with E-state index in [9.17, 15) is 18.5 Å². The zero-order valence-electron chi connectivity index (χ0n) is 17.3. The monoisotopic (exact) mass is 443 g/mol. The Balaban J connectivity index is 1.61. The van der Waals surface area contributed by atoms with Gasteiger partial charge < -0.3 is 9.88 Å². The minimum atomic E-state index is -3.53. The van der Waals surface area contributed by atoms with E-state index in [1.165, 1.54) is 12.1 Å². The smallest absolute Gasteiger partial charge is 0.271 e. The summed E-state index contributed by atoms with van der Waals surface area (Å²) in [5.41, 5.74) is 2.12. The highest BCUT2D eigenvalue weighted by atomic mass is 32.2. The highest BCUT2D eigenvalue weighted by Crippen LogP contribution is 2.25. The first kappa shape index (κ1) is 21.3. The summed E-state index contributed by atoms with van der Waals surface area (Å²) < 4.78 is 29.6. The molecule has 9 nitrogen and oxygen atoms in total. The van der Waals surface area contributed by atoms with Crippen LogP contribution in [0.1, 0.15) is 32.0 Å². The lowest BCUT2D eigenvalue weighted by Crippen LogP contribution is -2.35. The molecule has 1 aliphatic rings. The van der Waals surface area contributed by atoms with Crippen LogP contribution in [-0.4, -0.2) is 40.3 Å². The molecule has 0 spiro atoms. The van der Waals surface area contributed by atoms with Gasteiger partial charge >= 0.3 is 0 Å². The van der Waals surface area contributed by atoms with E-state index in [1.807, 2.05) is 11.5 Å². The van der Waals surface area contributed by atoms with Crippen LogP contribution in [0.3, 0.4) is 0 Å². The third-order valence-electron chi connectivity index (χ3n) is 5.58. The lowest BCUT2D eigenvalue weighted by atomic mass is 10.2. The number of benzene rings is 2. The van der Waals surface area contributed by atoms with Gasteiger partial charge in [-0.2, -0.15) is 4.31 Å². The first-order chi connectivity index (χ1) is 14.9. The Kier molecular flexibility index (Phi) is 5.92. The average Bonchev–Trinajstić information content (AvgIpc) is 3.15. The van der Waals surface area contributed by atoms with Gasteiger partial charge in [-0.3, -0.25) is 10.1 Å². The Bertz CT molecular complexity index is 1220. The van der Waals surface area contributed by atoms with Gasteiger partial charge in [-0.15, -0.1) is 0 Å². The number of fused-ring (bicyclic) bond motifs is 1. The van der Waals surface area contributed by atoms with Crippen molar-refractivity contribution in [2.75, 3.05) is 18.4 Å². The minimum Gasteiger partial charge on any atom is -0.378 e. The molecular weight excluding hydrogens is 418 g/mol. The Morgan fingerprint density at radius 3 is 2.61 bits per heavy atom. The number of aryl methyl sites for hydroxylation is 1. The predicted molar refractivity (Wildman–Crippen MR) is 118 cm³/mol. The highest BCUT2D eigenvalue weighted by molar-refractivity contribution is 7.89. The van der Waals surface area contributed by atoms with Crippen LogP contribution in [0.4, 0.5) is 11.4 Å². The third-order valence-corrected chi connectivity index (χ3v) is 7.47. The van der Waals surface area contributed by atoms with Crippen molar-refractivity contribution in [3.63, 3.8) is 0 Å². The van der Waals surface area contributed by atoms with E-state index in [-0.39, 0.29) is 10.6 Å². The molecule has 0 saturated carbocycles. The number of hydrogen-bond acceptors (Lipinski definition) is 6. The van der Waals surface area contributed by atoms with Gasteiger partial charge in [0.25, 0.3) is 5.69 Å². The van der Waals surface area contributed by atoms with Crippen molar-refractivity contribution in [3.05, 3.63) is 58.4 Å². The summed E-state index contributed by atoms with van der Waals surface area (Å²) in [5, 5.41) is 14.2. The predicted octanol–water partition coefficient (Wildman–Crippen LogP) is 3.75. The van der Waals surface area contributed by atoms with Crippen LogP contribution < -0.4 is 5.32 Å². The highest BCUT2D eigenvalue weighted by Gasteiger charge is 2.26. The maximum absolute atomic E-state index is 13.0. The lowest BCUT2D eigenvalue weighted by molar-refractivity contribution is -0.384. The van der Waals surface area contributed by atoms with E-state index in [2.05, 4.69) is 10.3 Å². The van der Waals surface area contributed by atoms with Crippen LogP contribution in [0, 0.1) is 10.1 Å². The molecule has 0 unspecified atom stereocenters. The number of non-ortho nitro benzene ring substituents is 1. The van der Waals surface area contributed by atoms with E-state index in [1.54, 1.807) is 34.6 Å². The fourth-order valence-corrected chi connectivity index (χ4v) is 5.51. The minimum absolute atomic E-state index is 0.0153. The second kappa shape index (κ2) is 8.64. The summed E-state index contributed by atoms with van der Waals surface area (Å²) in [6.07, 6.45) is 2.84. The summed E-state index contributed by atoms with van der Waals surface area (Å²) in [6, 6.07) is 11.4. The Morgan fingerprint density at radius 1 is 1.13 bits per heavy atom. The van der Waals surface area contributed by atoms with Gasteiger partial charge in [0.2, 0.25) is 10.0 Å². The van der Waals surface area contributed by atoms with Crippen molar-refractivity contribution >= 4 is 32.4 Å². The molecule has 0 amide bonds. The number of rotatable bonds is 7. The van der Waals surface area contributed by atoms with Gasteiger partial charge in [0.05, 0.1) is 27.4 Å². The number of nitrogens with one attached hydrogen (secondary N) is 1. The van der Waals surface area contributed by atoms with Gasteiger partial charge in [0.15, 0.2) is 0 Å².